The van der Waals surface area contributed by atoms with Crippen LogP contribution in [0.5, 0.6) is 5.75 Å². The summed E-state index contributed by atoms with van der Waals surface area (Å²) in [5.41, 5.74) is 3.73. The fraction of sp³-hybridized carbons (Fsp3) is 0.267. The zero-order valence-electron chi connectivity index (χ0n) is 11.4. The Morgan fingerprint density at radius 2 is 1.89 bits per heavy atom. The number of nitrogens with one attached hydrogen (secondary N) is 1. The summed E-state index contributed by atoms with van der Waals surface area (Å²) in [5.74, 6) is -0.617. The van der Waals surface area contributed by atoms with Crippen LogP contribution in [0.1, 0.15) is 32.9 Å². The van der Waals surface area contributed by atoms with E-state index in [0.717, 1.165) is 16.8 Å². The largest absolute Gasteiger partial charge is 0.494 e. The first-order valence-electron chi connectivity index (χ1n) is 5.99. The normalized spacial score (nSPS) is 10.6. The minimum atomic E-state index is -0.536. The highest BCUT2D eigenvalue weighted by atomic mass is 19.1. The van der Waals surface area contributed by atoms with Crippen molar-refractivity contribution < 1.29 is 13.9 Å². The summed E-state index contributed by atoms with van der Waals surface area (Å²) in [6, 6.07) is 4.22. The quantitative estimate of drug-likeness (QED) is 0.861. The van der Waals surface area contributed by atoms with Crippen LogP contribution in [0, 0.1) is 26.6 Å². The van der Waals surface area contributed by atoms with Gasteiger partial charge in [-0.25, -0.2) is 4.39 Å². The van der Waals surface area contributed by atoms with E-state index in [1.165, 1.54) is 19.2 Å². The van der Waals surface area contributed by atoms with Crippen molar-refractivity contribution in [2.45, 2.75) is 20.8 Å². The molecule has 4 heteroatoms. The summed E-state index contributed by atoms with van der Waals surface area (Å²) < 4.78 is 18.5. The summed E-state index contributed by atoms with van der Waals surface area (Å²) in [5, 5.41) is 0. The molecule has 1 heterocycles. The summed E-state index contributed by atoms with van der Waals surface area (Å²) in [6.45, 7) is 5.74. The Hall–Kier alpha value is -2.10. The van der Waals surface area contributed by atoms with Crippen molar-refractivity contribution >= 4 is 5.78 Å². The fourth-order valence-corrected chi connectivity index (χ4v) is 2.02. The molecule has 0 radical (unpaired) electrons. The lowest BCUT2D eigenvalue weighted by molar-refractivity contribution is 0.103. The molecule has 0 amide bonds. The fourth-order valence-electron chi connectivity index (χ4n) is 2.02. The number of aromatic amines is 1. The molecule has 0 fully saturated rings. The van der Waals surface area contributed by atoms with E-state index in [1.54, 1.807) is 6.07 Å². The van der Waals surface area contributed by atoms with Gasteiger partial charge in [-0.3, -0.25) is 4.79 Å². The van der Waals surface area contributed by atoms with E-state index in [0.29, 0.717) is 11.3 Å². The monoisotopic (exact) mass is 261 g/mol. The lowest BCUT2D eigenvalue weighted by Crippen LogP contribution is -2.04. The molecule has 0 aliphatic heterocycles. The zero-order chi connectivity index (χ0) is 14.2. The predicted octanol–water partition coefficient (Wildman–Crippen LogP) is 3.32. The van der Waals surface area contributed by atoms with E-state index in [9.17, 15) is 9.18 Å². The molecule has 0 saturated carbocycles. The average molecular weight is 261 g/mol. The maximum Gasteiger partial charge on any atom is 0.209 e. The molecule has 1 N–H and O–H groups in total. The third-order valence-corrected chi connectivity index (χ3v) is 3.45. The minimum absolute atomic E-state index is 0.132. The number of carbonyl (C=O) groups is 1. The van der Waals surface area contributed by atoms with Crippen molar-refractivity contribution in [3.8, 4) is 5.75 Å². The van der Waals surface area contributed by atoms with Crippen molar-refractivity contribution in [3.05, 3.63) is 52.1 Å². The van der Waals surface area contributed by atoms with E-state index in [1.807, 2.05) is 20.8 Å². The lowest BCUT2D eigenvalue weighted by atomic mass is 10.0. The Morgan fingerprint density at radius 1 is 1.21 bits per heavy atom. The number of halogens is 1. The second-order valence-electron chi connectivity index (χ2n) is 4.55. The number of hydrogen-bond acceptors (Lipinski definition) is 2. The van der Waals surface area contributed by atoms with Crippen LogP contribution < -0.4 is 4.74 Å². The van der Waals surface area contributed by atoms with Crippen LogP contribution in [-0.2, 0) is 0 Å². The van der Waals surface area contributed by atoms with Gasteiger partial charge in [-0.1, -0.05) is 0 Å². The van der Waals surface area contributed by atoms with Gasteiger partial charge in [0, 0.05) is 11.3 Å². The Bertz CT molecular complexity index is 644. The number of methoxy groups -OCH3 is 1. The van der Waals surface area contributed by atoms with Gasteiger partial charge in [0.1, 0.15) is 0 Å². The second-order valence-corrected chi connectivity index (χ2v) is 4.55. The number of aromatic nitrogens is 1. The molecule has 19 heavy (non-hydrogen) atoms. The number of H-pyrrole nitrogens is 1. The zero-order valence-corrected chi connectivity index (χ0v) is 11.4. The van der Waals surface area contributed by atoms with Crippen LogP contribution in [0.2, 0.25) is 0 Å². The molecule has 0 unspecified atom stereocenters. The van der Waals surface area contributed by atoms with Crippen molar-refractivity contribution in [1.82, 2.24) is 4.98 Å². The highest BCUT2D eigenvalue weighted by Gasteiger charge is 2.18. The van der Waals surface area contributed by atoms with Gasteiger partial charge in [0.25, 0.3) is 0 Å². The van der Waals surface area contributed by atoms with Crippen molar-refractivity contribution in [2.24, 2.45) is 0 Å². The summed E-state index contributed by atoms with van der Waals surface area (Å²) >= 11 is 0. The van der Waals surface area contributed by atoms with Crippen molar-refractivity contribution in [3.63, 3.8) is 0 Å². The molecule has 0 saturated heterocycles. The van der Waals surface area contributed by atoms with Crippen LogP contribution in [-0.4, -0.2) is 17.9 Å². The number of rotatable bonds is 3. The highest BCUT2D eigenvalue weighted by molar-refractivity contribution is 6.09. The molecular formula is C15H16FNO2. The average Bonchev–Trinajstić information content (AvgIpc) is 2.65. The number of hydrogen-bond donors (Lipinski definition) is 1. The van der Waals surface area contributed by atoms with Gasteiger partial charge in [0.15, 0.2) is 11.6 Å². The molecule has 100 valence electrons. The summed E-state index contributed by atoms with van der Waals surface area (Å²) in [4.78, 5) is 15.4. The van der Waals surface area contributed by atoms with E-state index >= 15 is 0 Å². The van der Waals surface area contributed by atoms with E-state index in [2.05, 4.69) is 4.98 Å². The van der Waals surface area contributed by atoms with Crippen LogP contribution in [0.15, 0.2) is 18.2 Å². The molecule has 0 spiro atoms. The number of benzene rings is 1. The summed E-state index contributed by atoms with van der Waals surface area (Å²) in [6.07, 6.45) is 0. The molecule has 0 aliphatic rings. The molecule has 0 aliphatic carbocycles. The number of ketones is 1. The van der Waals surface area contributed by atoms with E-state index < -0.39 is 5.82 Å². The molecular weight excluding hydrogens is 245 g/mol. The first-order chi connectivity index (χ1) is 8.95. The van der Waals surface area contributed by atoms with Gasteiger partial charge in [-0.2, -0.15) is 0 Å². The molecule has 0 bridgehead atoms. The standard InChI is InChI=1S/C15H16FNO2/c1-8-9(2)14(17-10(8)3)15(18)11-5-6-13(19-4)12(16)7-11/h5-7,17H,1-4H3. The van der Waals surface area contributed by atoms with Crippen molar-refractivity contribution in [1.29, 1.82) is 0 Å². The number of carbonyl (C=O) groups excluding carboxylic acids is 1. The Morgan fingerprint density at radius 3 is 2.37 bits per heavy atom. The highest BCUT2D eigenvalue weighted by Crippen LogP contribution is 2.22. The Balaban J connectivity index is 2.44. The first-order valence-corrected chi connectivity index (χ1v) is 5.99. The topological polar surface area (TPSA) is 42.1 Å². The van der Waals surface area contributed by atoms with Crippen molar-refractivity contribution in [2.75, 3.05) is 7.11 Å². The lowest BCUT2D eigenvalue weighted by Gasteiger charge is -2.04. The van der Waals surface area contributed by atoms with Gasteiger partial charge in [-0.05, 0) is 50.1 Å². The van der Waals surface area contributed by atoms with Gasteiger partial charge in [0.05, 0.1) is 12.8 Å². The maximum atomic E-state index is 13.6. The molecule has 1 aromatic carbocycles. The second kappa shape index (κ2) is 4.88. The van der Waals surface area contributed by atoms with Crippen LogP contribution >= 0.6 is 0 Å². The van der Waals surface area contributed by atoms with Gasteiger partial charge >= 0.3 is 0 Å². The number of ether oxygens (including phenoxy) is 1. The molecule has 2 rings (SSSR count). The minimum Gasteiger partial charge on any atom is -0.494 e. The SMILES string of the molecule is COc1ccc(C(=O)c2[nH]c(C)c(C)c2C)cc1F. The predicted molar refractivity (Wildman–Crippen MR) is 71.4 cm³/mol. The third-order valence-electron chi connectivity index (χ3n) is 3.45. The molecule has 0 atom stereocenters. The Kier molecular flexibility index (Phi) is 3.42. The Labute approximate surface area is 111 Å². The van der Waals surface area contributed by atoms with Crippen LogP contribution in [0.3, 0.4) is 0 Å². The maximum absolute atomic E-state index is 13.6. The van der Waals surface area contributed by atoms with Gasteiger partial charge < -0.3 is 9.72 Å². The van der Waals surface area contributed by atoms with Crippen LogP contribution in [0.25, 0.3) is 0 Å². The van der Waals surface area contributed by atoms with E-state index in [4.69, 9.17) is 4.74 Å². The first kappa shape index (κ1) is 13.3. The molecule has 2 aromatic rings. The third kappa shape index (κ3) is 2.26. The molecule has 3 nitrogen and oxygen atoms in total. The van der Waals surface area contributed by atoms with Gasteiger partial charge in [-0.15, -0.1) is 0 Å². The van der Waals surface area contributed by atoms with Crippen LogP contribution in [0.4, 0.5) is 4.39 Å². The molecule has 1 aromatic heterocycles. The van der Waals surface area contributed by atoms with Gasteiger partial charge in [0.2, 0.25) is 5.78 Å². The van der Waals surface area contributed by atoms with E-state index in [-0.39, 0.29) is 11.5 Å². The number of aryl methyl sites for hydroxylation is 1. The summed E-state index contributed by atoms with van der Waals surface area (Å²) in [7, 11) is 1.39. The smallest absolute Gasteiger partial charge is 0.209 e.